The maximum absolute atomic E-state index is 13.2. The summed E-state index contributed by atoms with van der Waals surface area (Å²) in [6.07, 6.45) is 0.690. The number of primary amides is 1. The predicted octanol–water partition coefficient (Wildman–Crippen LogP) is 3.39. The molecule has 1 aliphatic carbocycles. The van der Waals surface area contributed by atoms with Crippen LogP contribution in [0.4, 0.5) is 4.79 Å². The molecule has 2 aromatic carbocycles. The van der Waals surface area contributed by atoms with Crippen molar-refractivity contribution < 1.29 is 23.9 Å². The molecule has 2 fully saturated rings. The van der Waals surface area contributed by atoms with Gasteiger partial charge in [-0.1, -0.05) is 24.3 Å². The summed E-state index contributed by atoms with van der Waals surface area (Å²) in [4.78, 5) is 54.9. The number of rotatable bonds is 5. The highest BCUT2D eigenvalue weighted by atomic mass is 32.1. The van der Waals surface area contributed by atoms with Crippen LogP contribution in [0, 0.1) is 5.92 Å². The predicted molar refractivity (Wildman–Crippen MR) is 131 cm³/mol. The van der Waals surface area contributed by atoms with E-state index in [9.17, 15) is 19.2 Å². The monoisotopic (exact) mass is 504 g/mol. The van der Waals surface area contributed by atoms with Crippen molar-refractivity contribution in [2.75, 3.05) is 0 Å². The standard InChI is InChI=1S/C26H24N4O5S/c27-26(34)35-23(16-8-15(9-16)17-2-1-3-20-22(17)28-12-36-20)13-4-5-14-11-30(25(33)18(14)10-13)19-6-7-21(31)29-24(19)32/h1-5,10,12,15-16,19,23H,6-9,11H2,(H2,27,34)(H,29,31,32)/t15?,16?,19-,23+/m0/s1. The van der Waals surface area contributed by atoms with Crippen molar-refractivity contribution in [1.29, 1.82) is 0 Å². The summed E-state index contributed by atoms with van der Waals surface area (Å²) >= 11 is 1.61. The normalized spacial score (nSPS) is 24.3. The van der Waals surface area contributed by atoms with Crippen LogP contribution in [-0.4, -0.2) is 39.7 Å². The lowest BCUT2D eigenvalue weighted by Crippen LogP contribution is -2.52. The minimum absolute atomic E-state index is 0.0529. The number of piperidine rings is 1. The molecule has 3 heterocycles. The summed E-state index contributed by atoms with van der Waals surface area (Å²) in [5, 5.41) is 2.31. The van der Waals surface area contributed by atoms with Crippen molar-refractivity contribution in [3.63, 3.8) is 0 Å². The SMILES string of the molecule is NC(=O)O[C@H](c1ccc2c(c1)C(=O)N([C@H]1CCC(=O)NC1=O)C2)C1CC(c2cccc3scnc23)C1. The van der Waals surface area contributed by atoms with E-state index in [2.05, 4.69) is 22.4 Å². The molecule has 0 spiro atoms. The fourth-order valence-corrected chi connectivity index (χ4v) is 6.42. The summed E-state index contributed by atoms with van der Waals surface area (Å²) in [5.41, 5.74) is 11.5. The number of para-hydroxylation sites is 1. The van der Waals surface area contributed by atoms with Gasteiger partial charge in [-0.3, -0.25) is 19.7 Å². The Kier molecular flexibility index (Phi) is 5.48. The molecule has 36 heavy (non-hydrogen) atoms. The average molecular weight is 505 g/mol. The van der Waals surface area contributed by atoms with Crippen LogP contribution < -0.4 is 11.1 Å². The number of nitrogens with zero attached hydrogens (tertiary/aromatic N) is 2. The number of nitrogens with one attached hydrogen (secondary N) is 1. The Morgan fingerprint density at radius 3 is 2.81 bits per heavy atom. The number of aromatic nitrogens is 1. The molecular formula is C26H24N4O5S. The van der Waals surface area contributed by atoms with E-state index in [1.54, 1.807) is 17.4 Å². The van der Waals surface area contributed by atoms with E-state index in [4.69, 9.17) is 10.5 Å². The fraction of sp³-hybridized carbons (Fsp3) is 0.346. The van der Waals surface area contributed by atoms with Gasteiger partial charge in [0.2, 0.25) is 11.8 Å². The molecule has 4 amide bonds. The van der Waals surface area contributed by atoms with Crippen LogP contribution in [0.15, 0.2) is 41.9 Å². The van der Waals surface area contributed by atoms with Crippen molar-refractivity contribution >= 4 is 45.4 Å². The molecule has 3 aromatic rings. The number of thiazole rings is 1. The fourth-order valence-electron chi connectivity index (χ4n) is 5.71. The van der Waals surface area contributed by atoms with Gasteiger partial charge in [0, 0.05) is 24.4 Å². The lowest BCUT2D eigenvalue weighted by Gasteiger charge is -2.40. The number of carbonyl (C=O) groups is 4. The van der Waals surface area contributed by atoms with Gasteiger partial charge in [0.25, 0.3) is 5.91 Å². The maximum Gasteiger partial charge on any atom is 0.405 e. The zero-order valence-corrected chi connectivity index (χ0v) is 20.1. The van der Waals surface area contributed by atoms with Gasteiger partial charge < -0.3 is 15.4 Å². The third-order valence-corrected chi connectivity index (χ3v) is 8.35. The van der Waals surface area contributed by atoms with E-state index < -0.39 is 24.1 Å². The first-order chi connectivity index (χ1) is 17.4. The molecule has 0 bridgehead atoms. The van der Waals surface area contributed by atoms with E-state index in [0.717, 1.165) is 28.6 Å². The molecule has 1 saturated carbocycles. The van der Waals surface area contributed by atoms with E-state index in [-0.39, 0.29) is 24.2 Å². The molecule has 184 valence electrons. The van der Waals surface area contributed by atoms with Gasteiger partial charge in [-0.2, -0.15) is 0 Å². The first kappa shape index (κ1) is 22.7. The molecule has 1 saturated heterocycles. The quantitative estimate of drug-likeness (QED) is 0.512. The van der Waals surface area contributed by atoms with Crippen LogP contribution >= 0.6 is 11.3 Å². The van der Waals surface area contributed by atoms with Crippen LogP contribution in [0.5, 0.6) is 0 Å². The Labute approximate surface area is 210 Å². The van der Waals surface area contributed by atoms with Crippen molar-refractivity contribution in [2.24, 2.45) is 11.7 Å². The van der Waals surface area contributed by atoms with Crippen LogP contribution in [0.25, 0.3) is 10.2 Å². The topological polar surface area (TPSA) is 132 Å². The van der Waals surface area contributed by atoms with Gasteiger partial charge in [-0.15, -0.1) is 11.3 Å². The highest BCUT2D eigenvalue weighted by molar-refractivity contribution is 7.16. The van der Waals surface area contributed by atoms with Gasteiger partial charge in [0.15, 0.2) is 0 Å². The number of ether oxygens (including phenoxy) is 1. The lowest BCUT2D eigenvalue weighted by molar-refractivity contribution is -0.136. The lowest BCUT2D eigenvalue weighted by atomic mass is 9.67. The summed E-state index contributed by atoms with van der Waals surface area (Å²) < 4.78 is 6.71. The molecule has 0 unspecified atom stereocenters. The van der Waals surface area contributed by atoms with Crippen LogP contribution in [0.2, 0.25) is 0 Å². The second kappa shape index (κ2) is 8.70. The Morgan fingerprint density at radius 2 is 2.03 bits per heavy atom. The Hall–Kier alpha value is -3.79. The van der Waals surface area contributed by atoms with E-state index >= 15 is 0 Å². The smallest absolute Gasteiger partial charge is 0.405 e. The summed E-state index contributed by atoms with van der Waals surface area (Å²) in [6.45, 7) is 0.297. The number of hydrogen-bond acceptors (Lipinski definition) is 7. The van der Waals surface area contributed by atoms with E-state index in [0.29, 0.717) is 30.0 Å². The number of amides is 4. The Balaban J connectivity index is 1.22. The van der Waals surface area contributed by atoms with Gasteiger partial charge in [0.05, 0.1) is 15.7 Å². The van der Waals surface area contributed by atoms with E-state index in [1.165, 1.54) is 10.5 Å². The average Bonchev–Trinajstić information content (AvgIpc) is 3.42. The minimum Gasteiger partial charge on any atom is -0.441 e. The molecule has 3 aliphatic rings. The zero-order chi connectivity index (χ0) is 25.0. The Morgan fingerprint density at radius 1 is 1.19 bits per heavy atom. The number of hydrogen-bond donors (Lipinski definition) is 2. The summed E-state index contributed by atoms with van der Waals surface area (Å²) in [7, 11) is 0. The summed E-state index contributed by atoms with van der Waals surface area (Å²) in [6, 6.07) is 11.0. The molecule has 1 aromatic heterocycles. The van der Waals surface area contributed by atoms with Crippen LogP contribution in [0.3, 0.4) is 0 Å². The number of imide groups is 1. The van der Waals surface area contributed by atoms with Crippen LogP contribution in [0.1, 0.15) is 64.8 Å². The number of fused-ring (bicyclic) bond motifs is 2. The summed E-state index contributed by atoms with van der Waals surface area (Å²) in [5.74, 6) is -0.672. The molecule has 9 nitrogen and oxygen atoms in total. The molecular weight excluding hydrogens is 480 g/mol. The van der Waals surface area contributed by atoms with Crippen molar-refractivity contribution in [2.45, 2.75) is 50.3 Å². The third kappa shape index (κ3) is 3.81. The highest BCUT2D eigenvalue weighted by Gasteiger charge is 2.42. The largest absolute Gasteiger partial charge is 0.441 e. The number of benzene rings is 2. The maximum atomic E-state index is 13.2. The first-order valence-corrected chi connectivity index (χ1v) is 12.8. The zero-order valence-electron chi connectivity index (χ0n) is 19.3. The van der Waals surface area contributed by atoms with Gasteiger partial charge >= 0.3 is 6.09 Å². The van der Waals surface area contributed by atoms with E-state index in [1.807, 2.05) is 23.7 Å². The van der Waals surface area contributed by atoms with Gasteiger partial charge in [-0.05, 0) is 54.0 Å². The number of carbonyl (C=O) groups excluding carboxylic acids is 4. The molecule has 2 aliphatic heterocycles. The number of nitrogens with two attached hydrogens (primary N) is 1. The second-order valence-corrected chi connectivity index (χ2v) is 10.5. The van der Waals surface area contributed by atoms with Crippen molar-refractivity contribution in [1.82, 2.24) is 15.2 Å². The van der Waals surface area contributed by atoms with Crippen molar-refractivity contribution in [3.05, 3.63) is 64.2 Å². The second-order valence-electron chi connectivity index (χ2n) is 9.65. The molecule has 10 heteroatoms. The molecule has 0 radical (unpaired) electrons. The molecule has 2 atom stereocenters. The van der Waals surface area contributed by atoms with Crippen LogP contribution in [-0.2, 0) is 20.9 Å². The van der Waals surface area contributed by atoms with Gasteiger partial charge in [-0.25, -0.2) is 9.78 Å². The van der Waals surface area contributed by atoms with Gasteiger partial charge in [0.1, 0.15) is 12.1 Å². The first-order valence-electron chi connectivity index (χ1n) is 11.9. The highest BCUT2D eigenvalue weighted by Crippen LogP contribution is 2.50. The Bertz CT molecular complexity index is 1410. The van der Waals surface area contributed by atoms with Crippen molar-refractivity contribution in [3.8, 4) is 0 Å². The molecule has 6 rings (SSSR count). The minimum atomic E-state index is -0.859. The third-order valence-electron chi connectivity index (χ3n) is 7.56. The molecule has 3 N–H and O–H groups in total.